The van der Waals surface area contributed by atoms with Crippen molar-refractivity contribution in [1.82, 2.24) is 10.3 Å². The van der Waals surface area contributed by atoms with Gasteiger partial charge in [0, 0.05) is 6.04 Å². The highest BCUT2D eigenvalue weighted by Gasteiger charge is 2.30. The van der Waals surface area contributed by atoms with E-state index >= 15 is 0 Å². The summed E-state index contributed by atoms with van der Waals surface area (Å²) in [5.74, 6) is 0.561. The molecule has 1 aromatic carbocycles. The van der Waals surface area contributed by atoms with Crippen molar-refractivity contribution in [3.8, 4) is 5.75 Å². The van der Waals surface area contributed by atoms with Crippen LogP contribution in [0.15, 0.2) is 28.9 Å². The summed E-state index contributed by atoms with van der Waals surface area (Å²) < 4.78 is 11.0. The summed E-state index contributed by atoms with van der Waals surface area (Å²) in [6.45, 7) is 6.47. The molecule has 1 saturated carbocycles. The van der Waals surface area contributed by atoms with Gasteiger partial charge in [0.2, 0.25) is 5.89 Å². The van der Waals surface area contributed by atoms with E-state index in [1.54, 1.807) is 4.90 Å². The van der Waals surface area contributed by atoms with Crippen LogP contribution in [0.2, 0.25) is 0 Å². The molecule has 0 spiro atoms. The molecule has 27 heavy (non-hydrogen) atoms. The van der Waals surface area contributed by atoms with Gasteiger partial charge in [0.05, 0.1) is 5.69 Å². The standard InChI is InChI=1S/C20H23N3O4/c1-20(2,3)12-4-7-16-15(8-12)23(18(24)11-26-16)9-17-22-14(10-27-17)19(25)21-13-5-6-13/h4,7-8,10,13H,5-6,9,11H2,1-3H3,(H,21,25). The van der Waals surface area contributed by atoms with Crippen molar-refractivity contribution in [3.05, 3.63) is 41.6 Å². The number of carbonyl (C=O) groups excluding carboxylic acids is 2. The maximum atomic E-state index is 12.5. The lowest BCUT2D eigenvalue weighted by Gasteiger charge is -2.30. The first-order chi connectivity index (χ1) is 12.8. The van der Waals surface area contributed by atoms with Crippen LogP contribution in [0.1, 0.15) is 55.6 Å². The van der Waals surface area contributed by atoms with Gasteiger partial charge in [-0.3, -0.25) is 14.5 Å². The second-order valence-corrected chi connectivity index (χ2v) is 8.08. The molecule has 7 heteroatoms. The summed E-state index contributed by atoms with van der Waals surface area (Å²) in [5.41, 5.74) is 1.97. The van der Waals surface area contributed by atoms with Gasteiger partial charge in [-0.25, -0.2) is 4.98 Å². The van der Waals surface area contributed by atoms with Crippen LogP contribution in [0.5, 0.6) is 5.75 Å². The van der Waals surface area contributed by atoms with Crippen LogP contribution in [0.3, 0.4) is 0 Å². The normalized spacial score (nSPS) is 16.7. The van der Waals surface area contributed by atoms with Gasteiger partial charge < -0.3 is 14.5 Å². The zero-order valence-corrected chi connectivity index (χ0v) is 15.7. The molecule has 0 saturated heterocycles. The van der Waals surface area contributed by atoms with E-state index in [1.807, 2.05) is 18.2 Å². The topological polar surface area (TPSA) is 84.7 Å². The number of benzene rings is 1. The molecule has 2 heterocycles. The van der Waals surface area contributed by atoms with Gasteiger partial charge >= 0.3 is 0 Å². The van der Waals surface area contributed by atoms with Crippen molar-refractivity contribution in [2.45, 2.75) is 51.6 Å². The van der Waals surface area contributed by atoms with E-state index in [0.29, 0.717) is 17.3 Å². The molecular formula is C20H23N3O4. The van der Waals surface area contributed by atoms with Crippen LogP contribution >= 0.6 is 0 Å². The molecule has 1 fully saturated rings. The Morgan fingerprint density at radius 2 is 2.11 bits per heavy atom. The van der Waals surface area contributed by atoms with E-state index in [-0.39, 0.29) is 42.1 Å². The number of nitrogens with one attached hydrogen (secondary N) is 1. The minimum Gasteiger partial charge on any atom is -0.482 e. The third kappa shape index (κ3) is 3.67. The van der Waals surface area contributed by atoms with Crippen LogP contribution in [0, 0.1) is 0 Å². The molecule has 4 rings (SSSR count). The molecule has 1 aliphatic carbocycles. The lowest BCUT2D eigenvalue weighted by atomic mass is 9.86. The van der Waals surface area contributed by atoms with E-state index in [4.69, 9.17) is 9.15 Å². The third-order valence-corrected chi connectivity index (χ3v) is 4.76. The van der Waals surface area contributed by atoms with Crippen LogP contribution < -0.4 is 15.0 Å². The molecule has 0 atom stereocenters. The fourth-order valence-corrected chi connectivity index (χ4v) is 2.95. The number of nitrogens with zero attached hydrogens (tertiary/aromatic N) is 2. The number of carbonyl (C=O) groups is 2. The summed E-state index contributed by atoms with van der Waals surface area (Å²) in [5, 5.41) is 2.87. The zero-order valence-electron chi connectivity index (χ0n) is 15.7. The highest BCUT2D eigenvalue weighted by atomic mass is 16.5. The molecule has 0 unspecified atom stereocenters. The molecule has 2 aromatic rings. The summed E-state index contributed by atoms with van der Waals surface area (Å²) in [4.78, 5) is 30.4. The van der Waals surface area contributed by atoms with Gasteiger partial charge in [-0.05, 0) is 36.0 Å². The van der Waals surface area contributed by atoms with Gasteiger partial charge in [0.1, 0.15) is 18.6 Å². The Hall–Kier alpha value is -2.83. The van der Waals surface area contributed by atoms with Crippen molar-refractivity contribution >= 4 is 17.5 Å². The fourth-order valence-electron chi connectivity index (χ4n) is 2.95. The predicted octanol–water partition coefficient (Wildman–Crippen LogP) is 2.79. The van der Waals surface area contributed by atoms with E-state index < -0.39 is 0 Å². The Balaban J connectivity index is 1.58. The van der Waals surface area contributed by atoms with E-state index in [0.717, 1.165) is 18.4 Å². The number of hydrogen-bond donors (Lipinski definition) is 1. The first-order valence-electron chi connectivity index (χ1n) is 9.14. The molecule has 2 amide bonds. The van der Waals surface area contributed by atoms with Crippen molar-refractivity contribution in [3.63, 3.8) is 0 Å². The average Bonchev–Trinajstić information content (AvgIpc) is 3.30. The number of rotatable bonds is 4. The van der Waals surface area contributed by atoms with Crippen molar-refractivity contribution in [2.75, 3.05) is 11.5 Å². The molecule has 1 aromatic heterocycles. The van der Waals surface area contributed by atoms with Crippen molar-refractivity contribution in [2.24, 2.45) is 0 Å². The molecule has 2 aliphatic rings. The molecule has 0 bridgehead atoms. The molecular weight excluding hydrogens is 346 g/mol. The molecule has 7 nitrogen and oxygen atoms in total. The van der Waals surface area contributed by atoms with E-state index in [9.17, 15) is 9.59 Å². The molecule has 0 radical (unpaired) electrons. The monoisotopic (exact) mass is 369 g/mol. The fraction of sp³-hybridized carbons (Fsp3) is 0.450. The highest BCUT2D eigenvalue weighted by molar-refractivity contribution is 5.98. The number of aromatic nitrogens is 1. The number of ether oxygens (including phenoxy) is 1. The van der Waals surface area contributed by atoms with Gasteiger partial charge in [-0.15, -0.1) is 0 Å². The smallest absolute Gasteiger partial charge is 0.273 e. The SMILES string of the molecule is CC(C)(C)c1ccc2c(c1)N(Cc1nc(C(=O)NC3CC3)co1)C(=O)CO2. The number of hydrogen-bond acceptors (Lipinski definition) is 5. The summed E-state index contributed by atoms with van der Waals surface area (Å²) in [7, 11) is 0. The average molecular weight is 369 g/mol. The molecule has 1 aliphatic heterocycles. The van der Waals surface area contributed by atoms with Gasteiger partial charge in [0.25, 0.3) is 11.8 Å². The Morgan fingerprint density at radius 3 is 2.81 bits per heavy atom. The second kappa shape index (κ2) is 6.40. The van der Waals surface area contributed by atoms with Gasteiger partial charge in [-0.1, -0.05) is 26.8 Å². The van der Waals surface area contributed by atoms with Crippen LogP contribution in [-0.4, -0.2) is 29.4 Å². The Bertz CT molecular complexity index is 893. The maximum absolute atomic E-state index is 12.5. The van der Waals surface area contributed by atoms with Crippen molar-refractivity contribution < 1.29 is 18.7 Å². The molecule has 142 valence electrons. The minimum absolute atomic E-state index is 0.0302. The first kappa shape index (κ1) is 17.6. The summed E-state index contributed by atoms with van der Waals surface area (Å²) >= 11 is 0. The number of anilines is 1. The Kier molecular flexibility index (Phi) is 4.17. The Labute approximate surface area is 157 Å². The maximum Gasteiger partial charge on any atom is 0.273 e. The highest BCUT2D eigenvalue weighted by Crippen LogP contribution is 2.37. The van der Waals surface area contributed by atoms with Gasteiger partial charge in [-0.2, -0.15) is 0 Å². The third-order valence-electron chi connectivity index (χ3n) is 4.76. The van der Waals surface area contributed by atoms with Crippen LogP contribution in [-0.2, 0) is 16.8 Å². The summed E-state index contributed by atoms with van der Waals surface area (Å²) in [6, 6.07) is 6.12. The number of oxazole rings is 1. The Morgan fingerprint density at radius 1 is 1.33 bits per heavy atom. The molecule has 1 N–H and O–H groups in total. The lowest BCUT2D eigenvalue weighted by Crippen LogP contribution is -2.38. The number of fused-ring (bicyclic) bond motifs is 1. The second-order valence-electron chi connectivity index (χ2n) is 8.08. The number of amides is 2. The van der Waals surface area contributed by atoms with E-state index in [2.05, 4.69) is 31.1 Å². The zero-order chi connectivity index (χ0) is 19.2. The quantitative estimate of drug-likeness (QED) is 0.896. The van der Waals surface area contributed by atoms with Crippen LogP contribution in [0.4, 0.5) is 5.69 Å². The van der Waals surface area contributed by atoms with Crippen molar-refractivity contribution in [1.29, 1.82) is 0 Å². The van der Waals surface area contributed by atoms with Gasteiger partial charge in [0.15, 0.2) is 12.3 Å². The van der Waals surface area contributed by atoms with Crippen LogP contribution in [0.25, 0.3) is 0 Å². The summed E-state index contributed by atoms with van der Waals surface area (Å²) in [6.07, 6.45) is 3.35. The largest absolute Gasteiger partial charge is 0.482 e. The lowest BCUT2D eigenvalue weighted by molar-refractivity contribution is -0.121. The van der Waals surface area contributed by atoms with E-state index in [1.165, 1.54) is 6.26 Å². The predicted molar refractivity (Wildman–Crippen MR) is 98.8 cm³/mol. The first-order valence-corrected chi connectivity index (χ1v) is 9.14. The minimum atomic E-state index is -0.240.